The lowest BCUT2D eigenvalue weighted by Gasteiger charge is -2.11. The van der Waals surface area contributed by atoms with E-state index in [0.717, 1.165) is 23.9 Å². The minimum atomic E-state index is -4.78. The second-order valence-electron chi connectivity index (χ2n) is 5.35. The van der Waals surface area contributed by atoms with Crippen molar-refractivity contribution < 1.29 is 46.4 Å². The number of phenolic OH excluding ortho intramolecular Hbond substituents is 4. The van der Waals surface area contributed by atoms with Crippen molar-refractivity contribution in [3.63, 3.8) is 0 Å². The first-order valence-electron chi connectivity index (χ1n) is 6.93. The van der Waals surface area contributed by atoms with Gasteiger partial charge in [0.1, 0.15) is 32.8 Å². The monoisotopic (exact) mass is 438 g/mol. The highest BCUT2D eigenvalue weighted by Crippen LogP contribution is 2.37. The Morgan fingerprint density at radius 3 is 1.30 bits per heavy atom. The number of hydrogen-bond donors (Lipinski definition) is 6. The van der Waals surface area contributed by atoms with Gasteiger partial charge in [0.2, 0.25) is 0 Å². The second-order valence-corrected chi connectivity index (χ2v) is 9.11. The van der Waals surface area contributed by atoms with E-state index in [1.807, 2.05) is 0 Å². The fourth-order valence-electron chi connectivity index (χ4n) is 2.18. The molecule has 0 spiro atoms. The standard InChI is InChI=1S/C14H14O10S3/c15-9-1-7(13(17)11(3-9)26(19,20)21)5-25-6-8-2-10(16)4-12(14(8)18)27(22,23)24/h1-4,15-18H,5-6H2,(H,19,20,21)(H,22,23,24). The van der Waals surface area contributed by atoms with Crippen LogP contribution >= 0.6 is 11.8 Å². The summed E-state index contributed by atoms with van der Waals surface area (Å²) in [5, 5.41) is 38.9. The Morgan fingerprint density at radius 1 is 0.667 bits per heavy atom. The summed E-state index contributed by atoms with van der Waals surface area (Å²) in [6, 6.07) is 3.45. The average molecular weight is 438 g/mol. The topological polar surface area (TPSA) is 190 Å². The molecule has 148 valence electrons. The number of rotatable bonds is 6. The third kappa shape index (κ3) is 4.95. The second kappa shape index (κ2) is 7.44. The molecule has 2 aromatic carbocycles. The Balaban J connectivity index is 2.28. The van der Waals surface area contributed by atoms with Gasteiger partial charge in [-0.3, -0.25) is 9.11 Å². The zero-order chi connectivity index (χ0) is 20.6. The van der Waals surface area contributed by atoms with Gasteiger partial charge >= 0.3 is 0 Å². The van der Waals surface area contributed by atoms with Crippen molar-refractivity contribution in [3.8, 4) is 23.0 Å². The van der Waals surface area contributed by atoms with Crippen molar-refractivity contribution in [2.45, 2.75) is 21.3 Å². The van der Waals surface area contributed by atoms with Gasteiger partial charge in [-0.2, -0.15) is 28.6 Å². The van der Waals surface area contributed by atoms with Crippen LogP contribution in [0.1, 0.15) is 11.1 Å². The highest BCUT2D eigenvalue weighted by Gasteiger charge is 2.22. The predicted octanol–water partition coefficient (Wildman–Crippen LogP) is 1.44. The summed E-state index contributed by atoms with van der Waals surface area (Å²) in [5.41, 5.74) is -0.107. The molecular weight excluding hydrogens is 424 g/mol. The van der Waals surface area contributed by atoms with Crippen LogP contribution in [0.2, 0.25) is 0 Å². The van der Waals surface area contributed by atoms with Gasteiger partial charge in [-0.25, -0.2) is 0 Å². The fourth-order valence-corrected chi connectivity index (χ4v) is 4.46. The molecule has 0 aliphatic carbocycles. The lowest BCUT2D eigenvalue weighted by molar-refractivity contribution is 0.429. The Hall–Kier alpha value is -2.19. The molecule has 0 saturated heterocycles. The number of phenols is 4. The summed E-state index contributed by atoms with van der Waals surface area (Å²) < 4.78 is 62.9. The molecule has 2 aromatic rings. The molecule has 0 heterocycles. The molecular formula is C14H14O10S3. The van der Waals surface area contributed by atoms with Gasteiger partial charge < -0.3 is 20.4 Å². The maximum atomic E-state index is 11.2. The number of benzene rings is 2. The van der Waals surface area contributed by atoms with E-state index < -0.39 is 53.0 Å². The van der Waals surface area contributed by atoms with E-state index >= 15 is 0 Å². The largest absolute Gasteiger partial charge is 0.508 e. The van der Waals surface area contributed by atoms with Crippen molar-refractivity contribution in [1.29, 1.82) is 0 Å². The van der Waals surface area contributed by atoms with Gasteiger partial charge in [0.15, 0.2) is 0 Å². The van der Waals surface area contributed by atoms with E-state index in [9.17, 15) is 37.3 Å². The number of thioether (sulfide) groups is 1. The smallest absolute Gasteiger partial charge is 0.298 e. The molecule has 0 aliphatic rings. The molecule has 0 radical (unpaired) electrons. The van der Waals surface area contributed by atoms with Crippen LogP contribution in [0.4, 0.5) is 0 Å². The molecule has 27 heavy (non-hydrogen) atoms. The molecule has 13 heteroatoms. The lowest BCUT2D eigenvalue weighted by atomic mass is 10.2. The third-order valence-electron chi connectivity index (χ3n) is 3.35. The van der Waals surface area contributed by atoms with Crippen molar-refractivity contribution in [3.05, 3.63) is 35.4 Å². The van der Waals surface area contributed by atoms with Gasteiger partial charge in [0.05, 0.1) is 0 Å². The average Bonchev–Trinajstić information content (AvgIpc) is 2.51. The molecule has 0 aliphatic heterocycles. The van der Waals surface area contributed by atoms with E-state index in [2.05, 4.69) is 0 Å². The summed E-state index contributed by atoms with van der Waals surface area (Å²) >= 11 is 0.949. The molecule has 0 saturated carbocycles. The first kappa shape index (κ1) is 21.1. The minimum absolute atomic E-state index is 0.0535. The zero-order valence-electron chi connectivity index (χ0n) is 13.3. The number of hydrogen-bond acceptors (Lipinski definition) is 9. The molecule has 6 N–H and O–H groups in total. The molecule has 2 rings (SSSR count). The Morgan fingerprint density at radius 2 is 1.00 bits per heavy atom. The summed E-state index contributed by atoms with van der Waals surface area (Å²) in [6.07, 6.45) is 0. The molecule has 0 unspecified atom stereocenters. The van der Waals surface area contributed by atoms with Crippen LogP contribution in [0, 0.1) is 0 Å². The van der Waals surface area contributed by atoms with Gasteiger partial charge in [0.25, 0.3) is 20.2 Å². The van der Waals surface area contributed by atoms with Crippen molar-refractivity contribution in [1.82, 2.24) is 0 Å². The zero-order valence-corrected chi connectivity index (χ0v) is 15.7. The summed E-state index contributed by atoms with van der Waals surface area (Å²) in [7, 11) is -9.55. The number of aromatic hydroxyl groups is 4. The Bertz CT molecular complexity index is 1000. The summed E-state index contributed by atoms with van der Waals surface area (Å²) in [4.78, 5) is -1.76. The van der Waals surface area contributed by atoms with Gasteiger partial charge in [-0.05, 0) is 12.1 Å². The van der Waals surface area contributed by atoms with E-state index in [-0.39, 0.29) is 22.6 Å². The highest BCUT2D eigenvalue weighted by molar-refractivity contribution is 7.97. The lowest BCUT2D eigenvalue weighted by Crippen LogP contribution is -2.01. The summed E-state index contributed by atoms with van der Waals surface area (Å²) in [5.74, 6) is -2.82. The predicted molar refractivity (Wildman–Crippen MR) is 94.2 cm³/mol. The Labute approximate surface area is 158 Å². The van der Waals surface area contributed by atoms with Crippen LogP contribution in [0.15, 0.2) is 34.1 Å². The maximum Gasteiger partial charge on any atom is 0.298 e. The first-order chi connectivity index (χ1) is 12.3. The first-order valence-corrected chi connectivity index (χ1v) is 11.0. The van der Waals surface area contributed by atoms with E-state index in [0.29, 0.717) is 12.1 Å². The van der Waals surface area contributed by atoms with Crippen molar-refractivity contribution in [2.24, 2.45) is 0 Å². The maximum absolute atomic E-state index is 11.2. The van der Waals surface area contributed by atoms with E-state index in [1.165, 1.54) is 0 Å². The van der Waals surface area contributed by atoms with Crippen LogP contribution in [0.3, 0.4) is 0 Å². The van der Waals surface area contributed by atoms with Crippen LogP contribution in [0.5, 0.6) is 23.0 Å². The van der Waals surface area contributed by atoms with Crippen LogP contribution in [-0.4, -0.2) is 46.4 Å². The van der Waals surface area contributed by atoms with E-state index in [1.54, 1.807) is 0 Å². The Kier molecular flexibility index (Phi) is 5.82. The van der Waals surface area contributed by atoms with Crippen molar-refractivity contribution >= 4 is 32.0 Å². The van der Waals surface area contributed by atoms with Crippen LogP contribution in [0.25, 0.3) is 0 Å². The van der Waals surface area contributed by atoms with Gasteiger partial charge in [-0.1, -0.05) is 0 Å². The third-order valence-corrected chi connectivity index (χ3v) is 6.11. The molecule has 10 nitrogen and oxygen atoms in total. The van der Waals surface area contributed by atoms with Crippen molar-refractivity contribution in [2.75, 3.05) is 0 Å². The molecule has 0 bridgehead atoms. The molecule has 0 aromatic heterocycles. The molecule has 0 amide bonds. The summed E-state index contributed by atoms with van der Waals surface area (Å²) in [6.45, 7) is 0. The fraction of sp³-hybridized carbons (Fsp3) is 0.143. The molecule has 0 atom stereocenters. The highest BCUT2D eigenvalue weighted by atomic mass is 32.2. The van der Waals surface area contributed by atoms with Gasteiger partial charge in [0, 0.05) is 34.8 Å². The van der Waals surface area contributed by atoms with Crippen LogP contribution in [-0.2, 0) is 31.7 Å². The molecule has 0 fully saturated rings. The van der Waals surface area contributed by atoms with E-state index in [4.69, 9.17) is 9.11 Å². The van der Waals surface area contributed by atoms with Crippen LogP contribution < -0.4 is 0 Å². The minimum Gasteiger partial charge on any atom is -0.508 e. The quantitative estimate of drug-likeness (QED) is 0.282. The van der Waals surface area contributed by atoms with Gasteiger partial charge in [-0.15, -0.1) is 0 Å². The normalized spacial score (nSPS) is 12.2. The SMILES string of the molecule is O=S(=O)(O)c1cc(O)cc(CSCc2cc(O)cc(S(=O)(=O)O)c2O)c1O.